The largest absolute Gasteiger partial charge is 0.367 e. The number of aromatic nitrogens is 1. The number of anilines is 1. The average Bonchev–Trinajstić information content (AvgIpc) is 2.50. The van der Waals surface area contributed by atoms with E-state index in [0.717, 1.165) is 0 Å². The first-order valence-electron chi connectivity index (χ1n) is 6.82. The number of benzene rings is 1. The Balaban J connectivity index is 2.03. The quantitative estimate of drug-likeness (QED) is 0.855. The van der Waals surface area contributed by atoms with Crippen LogP contribution in [0.5, 0.6) is 0 Å². The third-order valence-corrected chi connectivity index (χ3v) is 4.59. The van der Waals surface area contributed by atoms with Crippen molar-refractivity contribution in [2.45, 2.75) is 24.3 Å². The summed E-state index contributed by atoms with van der Waals surface area (Å²) in [5, 5.41) is 3.12. The molecule has 0 fully saturated rings. The molecular formula is C15H18FN3O2S. The van der Waals surface area contributed by atoms with Gasteiger partial charge in [0.25, 0.3) is 0 Å². The number of rotatable bonds is 6. The Kier molecular flexibility index (Phi) is 5.10. The van der Waals surface area contributed by atoms with Crippen LogP contribution in [0.2, 0.25) is 0 Å². The fourth-order valence-corrected chi connectivity index (χ4v) is 2.71. The van der Waals surface area contributed by atoms with E-state index in [4.69, 9.17) is 0 Å². The topological polar surface area (TPSA) is 71.1 Å². The summed E-state index contributed by atoms with van der Waals surface area (Å²) < 4.78 is 39.0. The number of halogens is 1. The Hall–Kier alpha value is -1.99. The fourth-order valence-electron chi connectivity index (χ4n) is 2.04. The van der Waals surface area contributed by atoms with Crippen LogP contribution < -0.4 is 10.0 Å². The van der Waals surface area contributed by atoms with E-state index in [-0.39, 0.29) is 16.8 Å². The molecule has 1 aromatic heterocycles. The summed E-state index contributed by atoms with van der Waals surface area (Å²) in [5.41, 5.74) is 0.622. The molecule has 0 amide bonds. The van der Waals surface area contributed by atoms with Gasteiger partial charge in [0.1, 0.15) is 16.5 Å². The van der Waals surface area contributed by atoms with Crippen molar-refractivity contribution in [1.82, 2.24) is 9.71 Å². The second kappa shape index (κ2) is 6.85. The van der Waals surface area contributed by atoms with Crippen molar-refractivity contribution in [3.8, 4) is 0 Å². The highest BCUT2D eigenvalue weighted by molar-refractivity contribution is 7.89. The van der Waals surface area contributed by atoms with Crippen LogP contribution in [0.25, 0.3) is 0 Å². The normalized spacial score (nSPS) is 12.9. The van der Waals surface area contributed by atoms with E-state index in [0.29, 0.717) is 17.8 Å². The number of pyridine rings is 1. The molecule has 22 heavy (non-hydrogen) atoms. The highest BCUT2D eigenvalue weighted by Gasteiger charge is 2.12. The molecule has 0 aliphatic heterocycles. The Morgan fingerprint density at radius 2 is 1.95 bits per heavy atom. The minimum absolute atomic E-state index is 0.0452. The van der Waals surface area contributed by atoms with Crippen LogP contribution in [-0.4, -0.2) is 26.5 Å². The molecule has 0 aliphatic carbocycles. The van der Waals surface area contributed by atoms with E-state index in [2.05, 4.69) is 15.0 Å². The zero-order valence-electron chi connectivity index (χ0n) is 12.4. The lowest BCUT2D eigenvalue weighted by atomic mass is 10.1. The molecule has 2 aromatic rings. The van der Waals surface area contributed by atoms with Gasteiger partial charge in [-0.3, -0.25) is 0 Å². The SMILES string of the molecule is CNS(=O)(=O)c1ccc(NC(C)Cc2ccccc2F)nc1. The van der Waals surface area contributed by atoms with E-state index >= 15 is 0 Å². The predicted molar refractivity (Wildman–Crippen MR) is 83.7 cm³/mol. The van der Waals surface area contributed by atoms with Crippen LogP contribution >= 0.6 is 0 Å². The Bertz CT molecular complexity index is 733. The van der Waals surface area contributed by atoms with E-state index < -0.39 is 10.0 Å². The standard InChI is InChI=1S/C15H18FN3O2S/c1-11(9-12-5-3-4-6-14(12)16)19-15-8-7-13(10-18-15)22(20,21)17-2/h3-8,10-11,17H,9H2,1-2H3,(H,18,19). The molecule has 0 bridgehead atoms. The minimum atomic E-state index is -3.49. The van der Waals surface area contributed by atoms with Crippen LogP contribution in [0.3, 0.4) is 0 Å². The molecule has 0 spiro atoms. The third kappa shape index (κ3) is 4.02. The van der Waals surface area contributed by atoms with Crippen molar-refractivity contribution < 1.29 is 12.8 Å². The van der Waals surface area contributed by atoms with E-state index in [1.54, 1.807) is 24.3 Å². The molecule has 118 valence electrons. The van der Waals surface area contributed by atoms with Crippen molar-refractivity contribution in [2.75, 3.05) is 12.4 Å². The van der Waals surface area contributed by atoms with Crippen molar-refractivity contribution in [3.05, 3.63) is 54.0 Å². The van der Waals surface area contributed by atoms with Gasteiger partial charge in [-0.25, -0.2) is 22.5 Å². The van der Waals surface area contributed by atoms with Crippen molar-refractivity contribution in [1.29, 1.82) is 0 Å². The second-order valence-corrected chi connectivity index (χ2v) is 6.81. The smallest absolute Gasteiger partial charge is 0.241 e. The molecule has 0 radical (unpaired) electrons. The zero-order chi connectivity index (χ0) is 16.2. The molecule has 1 aromatic carbocycles. The van der Waals surface area contributed by atoms with Crippen LogP contribution in [0, 0.1) is 5.82 Å². The van der Waals surface area contributed by atoms with Gasteiger partial charge in [-0.2, -0.15) is 0 Å². The van der Waals surface area contributed by atoms with Gasteiger partial charge in [-0.05, 0) is 44.2 Å². The van der Waals surface area contributed by atoms with Crippen molar-refractivity contribution in [2.24, 2.45) is 0 Å². The van der Waals surface area contributed by atoms with Gasteiger partial charge in [0, 0.05) is 12.2 Å². The van der Waals surface area contributed by atoms with E-state index in [1.807, 2.05) is 6.92 Å². The molecule has 2 rings (SSSR count). The summed E-state index contributed by atoms with van der Waals surface area (Å²) in [6.45, 7) is 1.91. The summed E-state index contributed by atoms with van der Waals surface area (Å²) in [5.74, 6) is 0.304. The van der Waals surface area contributed by atoms with Crippen LogP contribution in [0.15, 0.2) is 47.5 Å². The molecule has 5 nitrogen and oxygen atoms in total. The molecule has 0 aliphatic rings. The first kappa shape index (κ1) is 16.4. The number of sulfonamides is 1. The molecule has 0 saturated heterocycles. The van der Waals surface area contributed by atoms with Gasteiger partial charge in [-0.1, -0.05) is 18.2 Å². The number of nitrogens with one attached hydrogen (secondary N) is 2. The zero-order valence-corrected chi connectivity index (χ0v) is 13.2. The second-order valence-electron chi connectivity index (χ2n) is 4.93. The Morgan fingerprint density at radius 3 is 2.55 bits per heavy atom. The van der Waals surface area contributed by atoms with Gasteiger partial charge in [0.15, 0.2) is 0 Å². The van der Waals surface area contributed by atoms with Crippen LogP contribution in [0.4, 0.5) is 10.2 Å². The minimum Gasteiger partial charge on any atom is -0.367 e. The Labute approximate surface area is 129 Å². The lowest BCUT2D eigenvalue weighted by molar-refractivity contribution is 0.587. The molecule has 1 heterocycles. The highest BCUT2D eigenvalue weighted by atomic mass is 32.2. The summed E-state index contributed by atoms with van der Waals surface area (Å²) in [6, 6.07) is 9.62. The predicted octanol–water partition coefficient (Wildman–Crippen LogP) is 2.17. The maximum Gasteiger partial charge on any atom is 0.241 e. The van der Waals surface area contributed by atoms with Gasteiger partial charge < -0.3 is 5.32 Å². The molecular weight excluding hydrogens is 305 g/mol. The van der Waals surface area contributed by atoms with Gasteiger partial charge in [0.05, 0.1) is 0 Å². The lowest BCUT2D eigenvalue weighted by Crippen LogP contribution is -2.21. The molecule has 1 unspecified atom stereocenters. The third-order valence-electron chi connectivity index (χ3n) is 3.19. The monoisotopic (exact) mass is 323 g/mol. The average molecular weight is 323 g/mol. The van der Waals surface area contributed by atoms with Crippen LogP contribution in [0.1, 0.15) is 12.5 Å². The number of hydrogen-bond donors (Lipinski definition) is 2. The molecule has 2 N–H and O–H groups in total. The number of nitrogens with zero attached hydrogens (tertiary/aromatic N) is 1. The molecule has 1 atom stereocenters. The summed E-state index contributed by atoms with van der Waals surface area (Å²) in [6.07, 6.45) is 1.79. The highest BCUT2D eigenvalue weighted by Crippen LogP contribution is 2.14. The van der Waals surface area contributed by atoms with E-state index in [1.165, 1.54) is 25.4 Å². The van der Waals surface area contributed by atoms with Crippen molar-refractivity contribution in [3.63, 3.8) is 0 Å². The fraction of sp³-hybridized carbons (Fsp3) is 0.267. The first-order valence-corrected chi connectivity index (χ1v) is 8.30. The lowest BCUT2D eigenvalue weighted by Gasteiger charge is -2.15. The summed E-state index contributed by atoms with van der Waals surface area (Å²) in [7, 11) is -2.14. The summed E-state index contributed by atoms with van der Waals surface area (Å²) in [4.78, 5) is 4.17. The molecule has 0 saturated carbocycles. The molecule has 7 heteroatoms. The van der Waals surface area contributed by atoms with Crippen LogP contribution in [-0.2, 0) is 16.4 Å². The maximum absolute atomic E-state index is 13.6. The summed E-state index contributed by atoms with van der Waals surface area (Å²) >= 11 is 0. The van der Waals surface area contributed by atoms with Crippen molar-refractivity contribution >= 4 is 15.8 Å². The Morgan fingerprint density at radius 1 is 1.23 bits per heavy atom. The van der Waals surface area contributed by atoms with Gasteiger partial charge >= 0.3 is 0 Å². The van der Waals surface area contributed by atoms with Gasteiger partial charge in [0.2, 0.25) is 10.0 Å². The van der Waals surface area contributed by atoms with E-state index in [9.17, 15) is 12.8 Å². The van der Waals surface area contributed by atoms with Gasteiger partial charge in [-0.15, -0.1) is 0 Å². The first-order chi connectivity index (χ1) is 10.4. The number of hydrogen-bond acceptors (Lipinski definition) is 4. The maximum atomic E-state index is 13.6.